The van der Waals surface area contributed by atoms with Crippen LogP contribution >= 0.6 is 11.6 Å². The van der Waals surface area contributed by atoms with Gasteiger partial charge < -0.3 is 15.4 Å². The maximum atomic E-state index is 13.3. The van der Waals surface area contributed by atoms with Crippen LogP contribution in [0.1, 0.15) is 70.6 Å². The molecule has 1 aromatic rings. The number of carbonyl (C=O) groups is 3. The lowest BCUT2D eigenvalue weighted by Gasteiger charge is -2.27. The molecule has 31 heavy (non-hydrogen) atoms. The molecule has 3 rings (SSSR count). The first-order chi connectivity index (χ1) is 14.9. The van der Waals surface area contributed by atoms with Crippen molar-refractivity contribution < 1.29 is 19.1 Å². The second kappa shape index (κ2) is 10.8. The Morgan fingerprint density at radius 3 is 2.19 bits per heavy atom. The Morgan fingerprint density at radius 2 is 1.65 bits per heavy atom. The van der Waals surface area contributed by atoms with Crippen molar-refractivity contribution in [1.29, 1.82) is 0 Å². The molecule has 2 N–H and O–H groups in total. The van der Waals surface area contributed by atoms with E-state index in [2.05, 4.69) is 10.6 Å². The highest BCUT2D eigenvalue weighted by Gasteiger charge is 2.50. The molecule has 1 aliphatic heterocycles. The van der Waals surface area contributed by atoms with Gasteiger partial charge in [0.05, 0.1) is 12.1 Å². The van der Waals surface area contributed by atoms with Crippen LogP contribution in [0.5, 0.6) is 5.75 Å². The van der Waals surface area contributed by atoms with Crippen molar-refractivity contribution in [2.75, 3.05) is 19.0 Å². The first-order valence-corrected chi connectivity index (χ1v) is 11.6. The number of rotatable bonds is 4. The van der Waals surface area contributed by atoms with Crippen molar-refractivity contribution in [2.45, 2.75) is 76.2 Å². The molecule has 0 unspecified atom stereocenters. The highest BCUT2D eigenvalue weighted by molar-refractivity contribution is 6.32. The predicted octanol–water partition coefficient (Wildman–Crippen LogP) is 4.88. The zero-order chi connectivity index (χ0) is 22.3. The van der Waals surface area contributed by atoms with E-state index in [0.717, 1.165) is 43.4 Å². The van der Waals surface area contributed by atoms with E-state index in [1.54, 1.807) is 18.2 Å². The van der Waals surface area contributed by atoms with E-state index in [4.69, 9.17) is 16.3 Å². The topological polar surface area (TPSA) is 87.7 Å². The average molecular weight is 450 g/mol. The molecule has 1 saturated heterocycles. The second-order valence-electron chi connectivity index (χ2n) is 8.48. The zero-order valence-electron chi connectivity index (χ0n) is 18.2. The molecule has 0 radical (unpaired) electrons. The fraction of sp³-hybridized carbons (Fsp3) is 0.609. The highest BCUT2D eigenvalue weighted by atomic mass is 35.5. The quantitative estimate of drug-likeness (QED) is 0.641. The van der Waals surface area contributed by atoms with Crippen molar-refractivity contribution in [2.24, 2.45) is 0 Å². The molecular formula is C23H32ClN3O4. The van der Waals surface area contributed by atoms with Crippen molar-refractivity contribution in [1.82, 2.24) is 10.2 Å². The minimum atomic E-state index is -0.875. The SMILES string of the molecule is COc1ccc(NC(=O)CN2C(=O)NC3(CCCCCCCCCCC3)C2=O)cc1Cl. The van der Waals surface area contributed by atoms with E-state index in [-0.39, 0.29) is 12.5 Å². The Bertz CT molecular complexity index is 802. The van der Waals surface area contributed by atoms with Gasteiger partial charge in [0.2, 0.25) is 5.91 Å². The fourth-order valence-corrected chi connectivity index (χ4v) is 4.72. The number of amides is 4. The first-order valence-electron chi connectivity index (χ1n) is 11.2. The number of anilines is 1. The van der Waals surface area contributed by atoms with Gasteiger partial charge in [0.1, 0.15) is 17.8 Å². The van der Waals surface area contributed by atoms with Crippen LogP contribution in [0.15, 0.2) is 18.2 Å². The summed E-state index contributed by atoms with van der Waals surface area (Å²) in [7, 11) is 1.51. The highest BCUT2D eigenvalue weighted by Crippen LogP contribution is 2.31. The molecule has 1 spiro atoms. The molecule has 7 nitrogen and oxygen atoms in total. The summed E-state index contributed by atoms with van der Waals surface area (Å²) >= 11 is 6.10. The van der Waals surface area contributed by atoms with E-state index in [9.17, 15) is 14.4 Å². The van der Waals surface area contributed by atoms with E-state index in [1.165, 1.54) is 26.4 Å². The van der Waals surface area contributed by atoms with Gasteiger partial charge in [-0.1, -0.05) is 69.4 Å². The Hall–Kier alpha value is -2.28. The number of hydrogen-bond acceptors (Lipinski definition) is 4. The van der Waals surface area contributed by atoms with Gasteiger partial charge in [-0.3, -0.25) is 14.5 Å². The van der Waals surface area contributed by atoms with Gasteiger partial charge in [-0.2, -0.15) is 0 Å². The van der Waals surface area contributed by atoms with Crippen LogP contribution in [0, 0.1) is 0 Å². The number of benzene rings is 1. The standard InChI is InChI=1S/C23H32ClN3O4/c1-31-19-12-11-17(15-18(19)24)25-20(28)16-27-21(29)23(26-22(27)30)13-9-7-5-3-2-4-6-8-10-14-23/h11-12,15H,2-10,13-14,16H2,1H3,(H,25,28)(H,26,30). The number of carbonyl (C=O) groups excluding carboxylic acids is 3. The molecule has 1 aliphatic carbocycles. The lowest BCUT2D eigenvalue weighted by atomic mass is 9.85. The first kappa shape index (κ1) is 23.4. The number of imide groups is 1. The Morgan fingerprint density at radius 1 is 1.06 bits per heavy atom. The van der Waals surface area contributed by atoms with Gasteiger partial charge in [-0.15, -0.1) is 0 Å². The number of ether oxygens (including phenoxy) is 1. The second-order valence-corrected chi connectivity index (χ2v) is 8.89. The van der Waals surface area contributed by atoms with Crippen molar-refractivity contribution >= 4 is 35.1 Å². The molecular weight excluding hydrogens is 418 g/mol. The summed E-state index contributed by atoms with van der Waals surface area (Å²) in [6.07, 6.45) is 11.2. The van der Waals surface area contributed by atoms with E-state index < -0.39 is 17.5 Å². The molecule has 1 heterocycles. The van der Waals surface area contributed by atoms with Crippen LogP contribution < -0.4 is 15.4 Å². The predicted molar refractivity (Wildman–Crippen MR) is 120 cm³/mol. The third-order valence-electron chi connectivity index (χ3n) is 6.19. The van der Waals surface area contributed by atoms with Crippen molar-refractivity contribution in [3.8, 4) is 5.75 Å². The molecule has 1 aromatic carbocycles. The molecule has 2 fully saturated rings. The summed E-state index contributed by atoms with van der Waals surface area (Å²) in [4.78, 5) is 39.5. The van der Waals surface area contributed by atoms with Gasteiger partial charge in [0.15, 0.2) is 0 Å². The summed E-state index contributed by atoms with van der Waals surface area (Å²) < 4.78 is 5.10. The Kier molecular flexibility index (Phi) is 8.18. The lowest BCUT2D eigenvalue weighted by Crippen LogP contribution is -2.47. The van der Waals surface area contributed by atoms with E-state index in [0.29, 0.717) is 29.3 Å². The van der Waals surface area contributed by atoms with Crippen LogP contribution in [0.25, 0.3) is 0 Å². The number of nitrogens with zero attached hydrogens (tertiary/aromatic N) is 1. The minimum absolute atomic E-state index is 0.280. The summed E-state index contributed by atoms with van der Waals surface area (Å²) in [6.45, 7) is -0.323. The largest absolute Gasteiger partial charge is 0.495 e. The third-order valence-corrected chi connectivity index (χ3v) is 6.49. The Balaban J connectivity index is 1.64. The van der Waals surface area contributed by atoms with Gasteiger partial charge in [0.25, 0.3) is 5.91 Å². The molecule has 2 aliphatic rings. The fourth-order valence-electron chi connectivity index (χ4n) is 4.46. The molecule has 8 heteroatoms. The van der Waals surface area contributed by atoms with E-state index in [1.807, 2.05) is 0 Å². The summed E-state index contributed by atoms with van der Waals surface area (Å²) in [5, 5.41) is 5.99. The minimum Gasteiger partial charge on any atom is -0.495 e. The van der Waals surface area contributed by atoms with Gasteiger partial charge >= 0.3 is 6.03 Å². The number of urea groups is 1. The number of hydrogen-bond donors (Lipinski definition) is 2. The van der Waals surface area contributed by atoms with Crippen LogP contribution in [-0.2, 0) is 9.59 Å². The lowest BCUT2D eigenvalue weighted by molar-refractivity contribution is -0.134. The maximum Gasteiger partial charge on any atom is 0.325 e. The van der Waals surface area contributed by atoms with Gasteiger partial charge in [0, 0.05) is 5.69 Å². The zero-order valence-corrected chi connectivity index (χ0v) is 18.9. The molecule has 0 atom stereocenters. The van der Waals surface area contributed by atoms with Crippen molar-refractivity contribution in [3.63, 3.8) is 0 Å². The van der Waals surface area contributed by atoms with E-state index >= 15 is 0 Å². The number of halogens is 1. The Labute approximate surface area is 188 Å². The smallest absolute Gasteiger partial charge is 0.325 e. The molecule has 170 valence electrons. The molecule has 0 aromatic heterocycles. The van der Waals surface area contributed by atoms with Gasteiger partial charge in [-0.25, -0.2) is 4.79 Å². The summed E-state index contributed by atoms with van der Waals surface area (Å²) in [5.74, 6) is -0.231. The van der Waals surface area contributed by atoms with Crippen LogP contribution in [-0.4, -0.2) is 41.9 Å². The van der Waals surface area contributed by atoms with Crippen LogP contribution in [0.3, 0.4) is 0 Å². The molecule has 0 bridgehead atoms. The van der Waals surface area contributed by atoms with Crippen LogP contribution in [0.2, 0.25) is 5.02 Å². The molecule has 1 saturated carbocycles. The number of methoxy groups -OCH3 is 1. The van der Waals surface area contributed by atoms with Crippen molar-refractivity contribution in [3.05, 3.63) is 23.2 Å². The third kappa shape index (κ3) is 5.91. The number of nitrogens with one attached hydrogen (secondary N) is 2. The normalized spacial score (nSPS) is 20.0. The average Bonchev–Trinajstić information content (AvgIpc) is 2.95. The monoisotopic (exact) mass is 449 g/mol. The maximum absolute atomic E-state index is 13.3. The molecule has 4 amide bonds. The van der Waals surface area contributed by atoms with Gasteiger partial charge in [-0.05, 0) is 31.0 Å². The summed E-state index contributed by atoms with van der Waals surface area (Å²) in [6, 6.07) is 4.38. The van der Waals surface area contributed by atoms with Crippen LogP contribution in [0.4, 0.5) is 10.5 Å². The summed E-state index contributed by atoms with van der Waals surface area (Å²) in [5.41, 5.74) is -0.399.